The first-order valence-electron chi connectivity index (χ1n) is 7.02. The van der Waals surface area contributed by atoms with Gasteiger partial charge in [0.15, 0.2) is 0 Å². The lowest BCUT2D eigenvalue weighted by atomic mass is 9.94. The van der Waals surface area contributed by atoms with Crippen molar-refractivity contribution in [3.63, 3.8) is 0 Å². The van der Waals surface area contributed by atoms with E-state index in [9.17, 15) is 0 Å². The van der Waals surface area contributed by atoms with E-state index in [1.807, 2.05) is 12.1 Å². The minimum atomic E-state index is 0.622. The van der Waals surface area contributed by atoms with Crippen LogP contribution in [-0.2, 0) is 6.54 Å². The number of ether oxygens (including phenoxy) is 1. The van der Waals surface area contributed by atoms with E-state index < -0.39 is 0 Å². The van der Waals surface area contributed by atoms with Crippen LogP contribution in [0.25, 0.3) is 0 Å². The van der Waals surface area contributed by atoms with Gasteiger partial charge in [-0.25, -0.2) is 0 Å². The van der Waals surface area contributed by atoms with Crippen LogP contribution in [0.2, 0.25) is 0 Å². The van der Waals surface area contributed by atoms with Crippen LogP contribution >= 0.6 is 0 Å². The van der Waals surface area contributed by atoms with Gasteiger partial charge in [-0.2, -0.15) is 5.26 Å². The first-order chi connectivity index (χ1) is 9.24. The van der Waals surface area contributed by atoms with Gasteiger partial charge in [-0.1, -0.05) is 25.3 Å². The van der Waals surface area contributed by atoms with E-state index in [2.05, 4.69) is 24.1 Å². The van der Waals surface area contributed by atoms with E-state index >= 15 is 0 Å². The fourth-order valence-electron chi connectivity index (χ4n) is 2.88. The smallest absolute Gasteiger partial charge is 0.136 e. The van der Waals surface area contributed by atoms with Gasteiger partial charge in [0.05, 0.1) is 12.7 Å². The van der Waals surface area contributed by atoms with Gasteiger partial charge in [0, 0.05) is 12.6 Å². The molecule has 1 aromatic carbocycles. The molecule has 0 aliphatic heterocycles. The first-order valence-corrected chi connectivity index (χ1v) is 7.02. The van der Waals surface area contributed by atoms with Crippen molar-refractivity contribution in [3.05, 3.63) is 29.3 Å². The summed E-state index contributed by atoms with van der Waals surface area (Å²) in [7, 11) is 3.79. The minimum Gasteiger partial charge on any atom is -0.495 e. The normalized spacial score (nSPS) is 16.3. The summed E-state index contributed by atoms with van der Waals surface area (Å²) in [6, 6.07) is 8.78. The molecule has 2 rings (SSSR count). The number of hydrogen-bond acceptors (Lipinski definition) is 3. The molecule has 19 heavy (non-hydrogen) atoms. The van der Waals surface area contributed by atoms with Crippen LogP contribution in [0.3, 0.4) is 0 Å². The standard InChI is InChI=1S/C16H22N2O/c1-18(15-6-4-3-5-7-15)12-13-8-9-16(19-2)14(10-13)11-17/h8-10,15H,3-7,12H2,1-2H3. The molecule has 0 unspecified atom stereocenters. The summed E-state index contributed by atoms with van der Waals surface area (Å²) in [4.78, 5) is 2.42. The summed E-state index contributed by atoms with van der Waals surface area (Å²) >= 11 is 0. The second-order valence-corrected chi connectivity index (χ2v) is 5.35. The maximum absolute atomic E-state index is 9.11. The Labute approximate surface area is 115 Å². The Morgan fingerprint density at radius 3 is 2.68 bits per heavy atom. The van der Waals surface area contributed by atoms with Gasteiger partial charge in [0.1, 0.15) is 11.8 Å². The molecule has 0 N–H and O–H groups in total. The molecular weight excluding hydrogens is 236 g/mol. The van der Waals surface area contributed by atoms with Crippen molar-refractivity contribution in [1.82, 2.24) is 4.90 Å². The Bertz CT molecular complexity index is 458. The topological polar surface area (TPSA) is 36.3 Å². The lowest BCUT2D eigenvalue weighted by Crippen LogP contribution is -2.32. The van der Waals surface area contributed by atoms with Gasteiger partial charge in [0.2, 0.25) is 0 Å². The lowest BCUT2D eigenvalue weighted by molar-refractivity contribution is 0.184. The van der Waals surface area contributed by atoms with Crippen LogP contribution in [0.1, 0.15) is 43.2 Å². The van der Waals surface area contributed by atoms with E-state index in [4.69, 9.17) is 10.00 Å². The van der Waals surface area contributed by atoms with Crippen molar-refractivity contribution in [2.75, 3.05) is 14.2 Å². The summed E-state index contributed by atoms with van der Waals surface area (Å²) in [5.41, 5.74) is 1.81. The molecule has 0 atom stereocenters. The number of methoxy groups -OCH3 is 1. The number of hydrogen-bond donors (Lipinski definition) is 0. The quantitative estimate of drug-likeness (QED) is 0.831. The molecule has 1 saturated carbocycles. The predicted molar refractivity (Wildman–Crippen MR) is 76.0 cm³/mol. The number of nitriles is 1. The highest BCUT2D eigenvalue weighted by molar-refractivity contribution is 5.45. The molecule has 3 heteroatoms. The fourth-order valence-corrected chi connectivity index (χ4v) is 2.88. The van der Waals surface area contributed by atoms with Crippen molar-refractivity contribution >= 4 is 0 Å². The first kappa shape index (κ1) is 13.9. The van der Waals surface area contributed by atoms with Crippen molar-refractivity contribution < 1.29 is 4.74 Å². The highest BCUT2D eigenvalue weighted by Gasteiger charge is 2.18. The summed E-state index contributed by atoms with van der Waals surface area (Å²) in [6.07, 6.45) is 6.68. The third-order valence-electron chi connectivity index (χ3n) is 4.01. The number of rotatable bonds is 4. The summed E-state index contributed by atoms with van der Waals surface area (Å²) in [6.45, 7) is 0.906. The molecule has 0 radical (unpaired) electrons. The summed E-state index contributed by atoms with van der Waals surface area (Å²) in [5, 5.41) is 9.11. The van der Waals surface area contributed by atoms with Crippen molar-refractivity contribution in [3.8, 4) is 11.8 Å². The van der Waals surface area contributed by atoms with E-state index in [0.717, 1.165) is 6.54 Å². The van der Waals surface area contributed by atoms with Crippen LogP contribution in [0.4, 0.5) is 0 Å². The Morgan fingerprint density at radius 2 is 2.05 bits per heavy atom. The maximum Gasteiger partial charge on any atom is 0.136 e. The molecule has 0 spiro atoms. The van der Waals surface area contributed by atoms with Crippen LogP contribution in [-0.4, -0.2) is 25.1 Å². The van der Waals surface area contributed by atoms with E-state index in [1.165, 1.54) is 37.7 Å². The molecule has 0 heterocycles. The molecule has 0 bridgehead atoms. The Morgan fingerprint density at radius 1 is 1.32 bits per heavy atom. The third-order valence-corrected chi connectivity index (χ3v) is 4.01. The highest BCUT2D eigenvalue weighted by atomic mass is 16.5. The SMILES string of the molecule is COc1ccc(CN(C)C2CCCCC2)cc1C#N. The van der Waals surface area contributed by atoms with E-state index in [0.29, 0.717) is 17.4 Å². The molecule has 102 valence electrons. The van der Waals surface area contributed by atoms with Gasteiger partial charge < -0.3 is 4.74 Å². The second-order valence-electron chi connectivity index (χ2n) is 5.35. The Kier molecular flexibility index (Phi) is 4.81. The van der Waals surface area contributed by atoms with Crippen LogP contribution in [0.15, 0.2) is 18.2 Å². The molecule has 0 amide bonds. The van der Waals surface area contributed by atoms with E-state index in [-0.39, 0.29) is 0 Å². The Hall–Kier alpha value is -1.53. The van der Waals surface area contributed by atoms with Gasteiger partial charge in [-0.15, -0.1) is 0 Å². The molecule has 0 saturated heterocycles. The van der Waals surface area contributed by atoms with Crippen molar-refractivity contribution in [1.29, 1.82) is 5.26 Å². The molecule has 3 nitrogen and oxygen atoms in total. The van der Waals surface area contributed by atoms with Crippen LogP contribution < -0.4 is 4.74 Å². The number of benzene rings is 1. The fraction of sp³-hybridized carbons (Fsp3) is 0.562. The largest absolute Gasteiger partial charge is 0.495 e. The van der Waals surface area contributed by atoms with Gasteiger partial charge in [-0.3, -0.25) is 4.90 Å². The minimum absolute atomic E-state index is 0.622. The monoisotopic (exact) mass is 258 g/mol. The Balaban J connectivity index is 2.04. The highest BCUT2D eigenvalue weighted by Crippen LogP contribution is 2.24. The zero-order valence-electron chi connectivity index (χ0n) is 11.9. The van der Waals surface area contributed by atoms with E-state index in [1.54, 1.807) is 7.11 Å². The third kappa shape index (κ3) is 3.48. The molecule has 1 aliphatic rings. The molecule has 1 aromatic rings. The number of nitrogens with zero attached hydrogens (tertiary/aromatic N) is 2. The lowest BCUT2D eigenvalue weighted by Gasteiger charge is -2.31. The zero-order valence-corrected chi connectivity index (χ0v) is 11.9. The van der Waals surface area contributed by atoms with Gasteiger partial charge in [-0.05, 0) is 37.6 Å². The maximum atomic E-state index is 9.11. The summed E-state index contributed by atoms with van der Waals surface area (Å²) in [5.74, 6) is 0.659. The molecule has 1 aliphatic carbocycles. The predicted octanol–water partition coefficient (Wildman–Crippen LogP) is 3.33. The average molecular weight is 258 g/mol. The average Bonchev–Trinajstić information content (AvgIpc) is 2.48. The van der Waals surface area contributed by atoms with Crippen molar-refractivity contribution in [2.24, 2.45) is 0 Å². The van der Waals surface area contributed by atoms with Crippen molar-refractivity contribution in [2.45, 2.75) is 44.7 Å². The van der Waals surface area contributed by atoms with Gasteiger partial charge >= 0.3 is 0 Å². The molecular formula is C16H22N2O. The van der Waals surface area contributed by atoms with Crippen LogP contribution in [0.5, 0.6) is 5.75 Å². The van der Waals surface area contributed by atoms with Gasteiger partial charge in [0.25, 0.3) is 0 Å². The summed E-state index contributed by atoms with van der Waals surface area (Å²) < 4.78 is 5.18. The second kappa shape index (κ2) is 6.58. The zero-order chi connectivity index (χ0) is 13.7. The van der Waals surface area contributed by atoms with Crippen LogP contribution in [0, 0.1) is 11.3 Å². The molecule has 1 fully saturated rings. The molecule has 0 aromatic heterocycles.